The molecule has 2 fully saturated rings. The van der Waals surface area contributed by atoms with E-state index in [1.54, 1.807) is 18.6 Å². The maximum Gasteiger partial charge on any atom is 0.296 e. The highest BCUT2D eigenvalue weighted by Gasteiger charge is 2.38. The Kier molecular flexibility index (Phi) is 6.96. The Bertz CT molecular complexity index is 1090. The molecule has 2 heterocycles. The van der Waals surface area contributed by atoms with Gasteiger partial charge in [-0.3, -0.25) is 33.9 Å². The molecule has 1 atom stereocenters. The zero-order valence-corrected chi connectivity index (χ0v) is 18.6. The maximum absolute atomic E-state index is 13.0. The highest BCUT2D eigenvalue weighted by atomic mass is 32.2. The van der Waals surface area contributed by atoms with Gasteiger partial charge in [-0.15, -0.1) is 0 Å². The van der Waals surface area contributed by atoms with Crippen molar-refractivity contribution in [3.05, 3.63) is 58.7 Å². The molecule has 11 nitrogen and oxygen atoms in total. The molecule has 4 rings (SSSR count). The van der Waals surface area contributed by atoms with Gasteiger partial charge in [0.1, 0.15) is 6.04 Å². The Morgan fingerprint density at radius 1 is 1.15 bits per heavy atom. The molecule has 1 saturated heterocycles. The molecule has 1 amide bonds. The van der Waals surface area contributed by atoms with Gasteiger partial charge in [-0.1, -0.05) is 0 Å². The Hall–Kier alpha value is -2.96. The summed E-state index contributed by atoms with van der Waals surface area (Å²) >= 11 is 0. The number of carbonyl (C=O) groups is 1. The van der Waals surface area contributed by atoms with Gasteiger partial charge in [0.15, 0.2) is 0 Å². The second-order valence-corrected chi connectivity index (χ2v) is 9.75. The van der Waals surface area contributed by atoms with Crippen LogP contribution in [0.4, 0.5) is 5.69 Å². The summed E-state index contributed by atoms with van der Waals surface area (Å²) in [6.07, 6.45) is 7.98. The van der Waals surface area contributed by atoms with E-state index >= 15 is 0 Å². The lowest BCUT2D eigenvalue weighted by molar-refractivity contribution is -0.384. The van der Waals surface area contributed by atoms with Crippen molar-refractivity contribution in [2.45, 2.75) is 43.0 Å². The number of non-ortho nitro benzene ring substituents is 1. The molecule has 1 aliphatic heterocycles. The summed E-state index contributed by atoms with van der Waals surface area (Å²) in [5.41, 5.74) is 0.502. The third-order valence-corrected chi connectivity index (χ3v) is 7.33. The van der Waals surface area contributed by atoms with Gasteiger partial charge < -0.3 is 0 Å². The van der Waals surface area contributed by atoms with Gasteiger partial charge in [0.25, 0.3) is 15.8 Å². The van der Waals surface area contributed by atoms with E-state index in [4.69, 9.17) is 9.02 Å². The zero-order chi connectivity index (χ0) is 23.4. The first-order chi connectivity index (χ1) is 15.8. The van der Waals surface area contributed by atoms with Crippen LogP contribution in [0.25, 0.3) is 0 Å². The topological polar surface area (TPSA) is 142 Å². The van der Waals surface area contributed by atoms with Gasteiger partial charge in [-0.2, -0.15) is 8.42 Å². The molecule has 1 saturated carbocycles. The van der Waals surface area contributed by atoms with Crippen molar-refractivity contribution in [1.82, 2.24) is 15.0 Å². The van der Waals surface area contributed by atoms with E-state index in [-0.39, 0.29) is 41.0 Å². The normalized spacial score (nSPS) is 23.4. The van der Waals surface area contributed by atoms with Gasteiger partial charge in [-0.25, -0.2) is 5.06 Å². The van der Waals surface area contributed by atoms with Crippen molar-refractivity contribution >= 4 is 21.7 Å². The molecule has 0 radical (unpaired) electrons. The van der Waals surface area contributed by atoms with Crippen LogP contribution in [0.3, 0.4) is 0 Å². The number of aromatic nitrogens is 2. The van der Waals surface area contributed by atoms with Crippen LogP contribution in [0.15, 0.2) is 47.8 Å². The van der Waals surface area contributed by atoms with Crippen LogP contribution in [0.1, 0.15) is 43.8 Å². The second-order valence-electron chi connectivity index (χ2n) is 8.14. The SMILES string of the molecule is O=C(C1CCC(COS(=O)(=O)c2ccc([N+](=O)[O-])cc2)CC1)N1OCC[C@H]1c1cnccn1. The summed E-state index contributed by atoms with van der Waals surface area (Å²) in [7, 11) is -4.01. The average molecular weight is 477 g/mol. The van der Waals surface area contributed by atoms with Gasteiger partial charge in [0, 0.05) is 36.9 Å². The monoisotopic (exact) mass is 476 g/mol. The summed E-state index contributed by atoms with van der Waals surface area (Å²) in [4.78, 5) is 37.0. The molecule has 0 N–H and O–H groups in total. The smallest absolute Gasteiger partial charge is 0.272 e. The molecule has 1 aromatic carbocycles. The molecule has 0 spiro atoms. The van der Waals surface area contributed by atoms with E-state index in [2.05, 4.69) is 9.97 Å². The fourth-order valence-electron chi connectivity index (χ4n) is 4.18. The zero-order valence-electron chi connectivity index (χ0n) is 17.8. The van der Waals surface area contributed by atoms with E-state index in [0.717, 1.165) is 24.3 Å². The largest absolute Gasteiger partial charge is 0.296 e. The molecule has 1 aliphatic carbocycles. The summed E-state index contributed by atoms with van der Waals surface area (Å²) in [6.45, 7) is 0.444. The van der Waals surface area contributed by atoms with Gasteiger partial charge in [-0.05, 0) is 43.7 Å². The van der Waals surface area contributed by atoms with Crippen LogP contribution in [0.5, 0.6) is 0 Å². The summed E-state index contributed by atoms with van der Waals surface area (Å²) < 4.78 is 30.0. The standard InChI is InChI=1S/C21H24N4O7S/c26-21(24-20(9-12-31-24)19-13-22-10-11-23-19)16-3-1-15(2-4-16)14-32-33(29,30)18-7-5-17(6-8-18)25(27)28/h5-8,10-11,13,15-16,20H,1-4,9,12,14H2/t15?,16?,20-/m0/s1. The van der Waals surface area contributed by atoms with E-state index in [0.29, 0.717) is 44.4 Å². The van der Waals surface area contributed by atoms with E-state index in [1.165, 1.54) is 5.06 Å². The number of hydrogen-bond acceptors (Lipinski definition) is 9. The Balaban J connectivity index is 1.29. The number of carbonyl (C=O) groups excluding carboxylic acids is 1. The number of hydroxylamine groups is 2. The number of rotatable bonds is 7. The summed E-state index contributed by atoms with van der Waals surface area (Å²) in [6, 6.07) is 4.32. The lowest BCUT2D eigenvalue weighted by Gasteiger charge is -2.31. The van der Waals surface area contributed by atoms with Crippen molar-refractivity contribution in [3.8, 4) is 0 Å². The van der Waals surface area contributed by atoms with Crippen molar-refractivity contribution in [2.24, 2.45) is 11.8 Å². The molecule has 33 heavy (non-hydrogen) atoms. The van der Waals surface area contributed by atoms with Gasteiger partial charge in [0.05, 0.1) is 34.9 Å². The molecule has 0 bridgehead atoms. The molecule has 176 valence electrons. The highest BCUT2D eigenvalue weighted by Crippen LogP contribution is 2.35. The van der Waals surface area contributed by atoms with Crippen molar-refractivity contribution < 1.29 is 27.2 Å². The first kappa shape index (κ1) is 23.2. The minimum Gasteiger partial charge on any atom is -0.272 e. The number of amides is 1. The van der Waals surface area contributed by atoms with E-state index in [9.17, 15) is 23.3 Å². The third-order valence-electron chi connectivity index (χ3n) is 6.04. The highest BCUT2D eigenvalue weighted by molar-refractivity contribution is 7.86. The molecule has 2 aromatic rings. The quantitative estimate of drug-likeness (QED) is 0.335. The molecule has 0 unspecified atom stereocenters. The van der Waals surface area contributed by atoms with Crippen molar-refractivity contribution in [1.29, 1.82) is 0 Å². The van der Waals surface area contributed by atoms with E-state index < -0.39 is 15.0 Å². The molecular formula is C21H24N4O7S. The predicted octanol–water partition coefficient (Wildman–Crippen LogP) is 2.80. The number of nitro benzene ring substituents is 1. The lowest BCUT2D eigenvalue weighted by atomic mass is 9.82. The summed E-state index contributed by atoms with van der Waals surface area (Å²) in [5.74, 6) is -0.289. The molecule has 1 aromatic heterocycles. The first-order valence-corrected chi connectivity index (χ1v) is 12.1. The Morgan fingerprint density at radius 3 is 2.52 bits per heavy atom. The fraction of sp³-hybridized carbons (Fsp3) is 0.476. The van der Waals surface area contributed by atoms with E-state index in [1.807, 2.05) is 0 Å². The molecule has 2 aliphatic rings. The number of nitro groups is 1. The number of benzene rings is 1. The number of nitrogens with zero attached hydrogens (tertiary/aromatic N) is 4. The van der Waals surface area contributed by atoms with Crippen LogP contribution in [0, 0.1) is 22.0 Å². The lowest BCUT2D eigenvalue weighted by Crippen LogP contribution is -2.37. The van der Waals surface area contributed by atoms with Gasteiger partial charge in [0.2, 0.25) is 5.91 Å². The van der Waals surface area contributed by atoms with Gasteiger partial charge >= 0.3 is 0 Å². The maximum atomic E-state index is 13.0. The van der Waals surface area contributed by atoms with Crippen molar-refractivity contribution in [3.63, 3.8) is 0 Å². The Labute approximate surface area is 191 Å². The van der Waals surface area contributed by atoms with Crippen LogP contribution in [-0.2, 0) is 23.9 Å². The molecular weight excluding hydrogens is 452 g/mol. The Morgan fingerprint density at radius 2 is 1.88 bits per heavy atom. The minimum absolute atomic E-state index is 0.00263. The number of hydrogen-bond donors (Lipinski definition) is 0. The van der Waals surface area contributed by atoms with Crippen LogP contribution in [-0.4, -0.2) is 47.5 Å². The molecule has 12 heteroatoms. The fourth-order valence-corrected chi connectivity index (χ4v) is 5.16. The predicted molar refractivity (Wildman–Crippen MR) is 114 cm³/mol. The first-order valence-electron chi connectivity index (χ1n) is 10.7. The summed E-state index contributed by atoms with van der Waals surface area (Å²) in [5, 5.41) is 12.1. The second kappa shape index (κ2) is 9.89. The van der Waals surface area contributed by atoms with Crippen LogP contribution < -0.4 is 0 Å². The van der Waals surface area contributed by atoms with Crippen LogP contribution >= 0.6 is 0 Å². The van der Waals surface area contributed by atoms with Crippen molar-refractivity contribution in [2.75, 3.05) is 13.2 Å². The minimum atomic E-state index is -4.01. The third kappa shape index (κ3) is 5.34. The average Bonchev–Trinajstić information content (AvgIpc) is 3.33. The van der Waals surface area contributed by atoms with Crippen LogP contribution in [0.2, 0.25) is 0 Å².